The number of aryl methyl sites for hydroxylation is 2. The van der Waals surface area contributed by atoms with Crippen molar-refractivity contribution in [3.8, 4) is 0 Å². The second-order valence-corrected chi connectivity index (χ2v) is 6.35. The molecule has 2 heteroatoms. The van der Waals surface area contributed by atoms with Crippen molar-refractivity contribution in [3.05, 3.63) is 64.7 Å². The zero-order valence-electron chi connectivity index (χ0n) is 12.7. The van der Waals surface area contributed by atoms with Gasteiger partial charge in [0.15, 0.2) is 0 Å². The minimum Gasteiger partial charge on any atom is -0.312 e. The third kappa shape index (κ3) is 3.65. The van der Waals surface area contributed by atoms with Crippen LogP contribution in [0, 0.1) is 20.8 Å². The quantitative estimate of drug-likeness (QED) is 0.802. The summed E-state index contributed by atoms with van der Waals surface area (Å²) in [6.45, 7) is 6.52. The highest BCUT2D eigenvalue weighted by molar-refractivity contribution is 7.99. The molecule has 106 valence electrons. The molecular formula is C18H23NS. The monoisotopic (exact) mass is 285 g/mol. The summed E-state index contributed by atoms with van der Waals surface area (Å²) in [6, 6.07) is 15.7. The molecule has 1 atom stereocenters. The van der Waals surface area contributed by atoms with Crippen LogP contribution in [0.3, 0.4) is 0 Å². The van der Waals surface area contributed by atoms with Crippen LogP contribution in [0.15, 0.2) is 47.4 Å². The number of hydrogen-bond acceptors (Lipinski definition) is 2. The van der Waals surface area contributed by atoms with Crippen molar-refractivity contribution in [1.29, 1.82) is 0 Å². The van der Waals surface area contributed by atoms with Crippen molar-refractivity contribution in [2.75, 3.05) is 12.8 Å². The average molecular weight is 285 g/mol. The molecule has 1 N–H and O–H groups in total. The third-order valence-electron chi connectivity index (χ3n) is 3.81. The number of hydrogen-bond donors (Lipinski definition) is 1. The van der Waals surface area contributed by atoms with Gasteiger partial charge in [-0.25, -0.2) is 0 Å². The summed E-state index contributed by atoms with van der Waals surface area (Å²) >= 11 is 1.91. The summed E-state index contributed by atoms with van der Waals surface area (Å²) in [5.41, 5.74) is 5.49. The van der Waals surface area contributed by atoms with Crippen LogP contribution in [0.5, 0.6) is 0 Å². The van der Waals surface area contributed by atoms with Gasteiger partial charge in [0.25, 0.3) is 0 Å². The highest BCUT2D eigenvalue weighted by atomic mass is 32.2. The maximum atomic E-state index is 3.45. The Bertz CT molecular complexity index is 560. The maximum Gasteiger partial charge on any atom is 0.0415 e. The first-order valence-corrected chi connectivity index (χ1v) is 8.03. The van der Waals surface area contributed by atoms with Crippen LogP contribution in [0.2, 0.25) is 0 Å². The van der Waals surface area contributed by atoms with E-state index >= 15 is 0 Å². The van der Waals surface area contributed by atoms with Gasteiger partial charge in [0.1, 0.15) is 0 Å². The first-order valence-electron chi connectivity index (χ1n) is 7.04. The molecule has 2 rings (SSSR count). The average Bonchev–Trinajstić information content (AvgIpc) is 2.45. The van der Waals surface area contributed by atoms with Crippen LogP contribution in [-0.2, 0) is 0 Å². The van der Waals surface area contributed by atoms with Gasteiger partial charge in [-0.15, -0.1) is 11.8 Å². The lowest BCUT2D eigenvalue weighted by Gasteiger charge is -2.19. The summed E-state index contributed by atoms with van der Waals surface area (Å²) in [6.07, 6.45) is 0. The van der Waals surface area contributed by atoms with E-state index < -0.39 is 0 Å². The molecular weight excluding hydrogens is 262 g/mol. The molecule has 0 aliphatic carbocycles. The number of nitrogens with one attached hydrogen (secondary N) is 1. The number of benzene rings is 2. The Hall–Kier alpha value is -1.25. The van der Waals surface area contributed by atoms with Crippen LogP contribution in [0.25, 0.3) is 0 Å². The van der Waals surface area contributed by atoms with Gasteiger partial charge in [-0.2, -0.15) is 0 Å². The Balaban J connectivity index is 2.09. The number of rotatable bonds is 5. The van der Waals surface area contributed by atoms with E-state index in [-0.39, 0.29) is 0 Å². The molecule has 0 radical (unpaired) electrons. The van der Waals surface area contributed by atoms with Crippen LogP contribution >= 0.6 is 11.8 Å². The largest absolute Gasteiger partial charge is 0.312 e. The van der Waals surface area contributed by atoms with Crippen LogP contribution in [0.4, 0.5) is 0 Å². The summed E-state index contributed by atoms with van der Waals surface area (Å²) in [5, 5.41) is 3.45. The van der Waals surface area contributed by atoms with Crippen LogP contribution in [0.1, 0.15) is 28.3 Å². The zero-order valence-corrected chi connectivity index (χ0v) is 13.6. The fourth-order valence-electron chi connectivity index (χ4n) is 2.29. The Labute approximate surface area is 126 Å². The summed E-state index contributed by atoms with van der Waals surface area (Å²) in [7, 11) is 2.04. The molecule has 0 saturated heterocycles. The van der Waals surface area contributed by atoms with Gasteiger partial charge in [0.2, 0.25) is 0 Å². The number of thioether (sulfide) groups is 1. The fourth-order valence-corrected chi connectivity index (χ4v) is 3.33. The van der Waals surface area contributed by atoms with Gasteiger partial charge in [-0.05, 0) is 56.6 Å². The van der Waals surface area contributed by atoms with Gasteiger partial charge in [0.05, 0.1) is 0 Å². The van der Waals surface area contributed by atoms with Gasteiger partial charge in [0, 0.05) is 16.7 Å². The first-order chi connectivity index (χ1) is 9.61. The normalized spacial score (nSPS) is 12.4. The van der Waals surface area contributed by atoms with Gasteiger partial charge in [-0.1, -0.05) is 35.9 Å². The topological polar surface area (TPSA) is 12.0 Å². The molecule has 0 aromatic heterocycles. The molecule has 0 amide bonds. The van der Waals surface area contributed by atoms with Gasteiger partial charge in [-0.3, -0.25) is 0 Å². The molecule has 1 nitrogen and oxygen atoms in total. The molecule has 0 aliphatic rings. The SMILES string of the molecule is CNC(CSc1ccc(C)cc1)c1cccc(C)c1C. The third-order valence-corrected chi connectivity index (χ3v) is 4.91. The Kier molecular flexibility index (Phi) is 5.27. The highest BCUT2D eigenvalue weighted by Crippen LogP contribution is 2.27. The van der Waals surface area contributed by atoms with E-state index in [1.807, 2.05) is 18.8 Å². The lowest BCUT2D eigenvalue weighted by molar-refractivity contribution is 0.657. The predicted molar refractivity (Wildman–Crippen MR) is 89.6 cm³/mol. The van der Waals surface area contributed by atoms with E-state index in [1.54, 1.807) is 0 Å². The Morgan fingerprint density at radius 3 is 2.35 bits per heavy atom. The second kappa shape index (κ2) is 6.96. The molecule has 0 saturated carbocycles. The smallest absolute Gasteiger partial charge is 0.0415 e. The van der Waals surface area contributed by atoms with E-state index in [4.69, 9.17) is 0 Å². The lowest BCUT2D eigenvalue weighted by Crippen LogP contribution is -2.20. The van der Waals surface area contributed by atoms with E-state index in [9.17, 15) is 0 Å². The van der Waals surface area contributed by atoms with Crippen LogP contribution in [-0.4, -0.2) is 12.8 Å². The minimum absolute atomic E-state index is 0.390. The molecule has 1 unspecified atom stereocenters. The van der Waals surface area contributed by atoms with Crippen molar-refractivity contribution >= 4 is 11.8 Å². The first kappa shape index (κ1) is 15.1. The van der Waals surface area contributed by atoms with Crippen molar-refractivity contribution in [3.63, 3.8) is 0 Å². The van der Waals surface area contributed by atoms with Crippen molar-refractivity contribution in [2.45, 2.75) is 31.7 Å². The Morgan fingerprint density at radius 1 is 1.00 bits per heavy atom. The molecule has 0 fully saturated rings. The van der Waals surface area contributed by atoms with Crippen molar-refractivity contribution < 1.29 is 0 Å². The summed E-state index contributed by atoms with van der Waals surface area (Å²) < 4.78 is 0. The molecule has 2 aromatic rings. The molecule has 0 spiro atoms. The lowest BCUT2D eigenvalue weighted by atomic mass is 9.98. The summed E-state index contributed by atoms with van der Waals surface area (Å²) in [4.78, 5) is 1.33. The van der Waals surface area contributed by atoms with Crippen LogP contribution < -0.4 is 5.32 Å². The molecule has 0 aliphatic heterocycles. The predicted octanol–water partition coefficient (Wildman–Crippen LogP) is 4.66. The second-order valence-electron chi connectivity index (χ2n) is 5.25. The zero-order chi connectivity index (χ0) is 14.5. The van der Waals surface area contributed by atoms with Crippen molar-refractivity contribution in [2.24, 2.45) is 0 Å². The fraction of sp³-hybridized carbons (Fsp3) is 0.333. The van der Waals surface area contributed by atoms with E-state index in [0.717, 1.165) is 5.75 Å². The Morgan fingerprint density at radius 2 is 1.70 bits per heavy atom. The molecule has 0 bridgehead atoms. The van der Waals surface area contributed by atoms with E-state index in [0.29, 0.717) is 6.04 Å². The highest BCUT2D eigenvalue weighted by Gasteiger charge is 2.13. The minimum atomic E-state index is 0.390. The van der Waals surface area contributed by atoms with Gasteiger partial charge >= 0.3 is 0 Å². The standard InChI is InChI=1S/C18H23NS/c1-13-8-10-16(11-9-13)20-12-18(19-4)17-7-5-6-14(2)15(17)3/h5-11,18-19H,12H2,1-4H3. The summed E-state index contributed by atoms with van der Waals surface area (Å²) in [5.74, 6) is 1.05. The maximum absolute atomic E-state index is 3.45. The van der Waals surface area contributed by atoms with E-state index in [2.05, 4.69) is 68.6 Å². The van der Waals surface area contributed by atoms with Crippen molar-refractivity contribution in [1.82, 2.24) is 5.32 Å². The molecule has 0 heterocycles. The molecule has 2 aromatic carbocycles. The van der Waals surface area contributed by atoms with E-state index in [1.165, 1.54) is 27.1 Å². The van der Waals surface area contributed by atoms with Gasteiger partial charge < -0.3 is 5.32 Å². The molecule has 20 heavy (non-hydrogen) atoms.